The highest BCUT2D eigenvalue weighted by atomic mass is 15.6. The van der Waals surface area contributed by atoms with Crippen LogP contribution in [0.15, 0.2) is 30.3 Å². The first-order valence-electron chi connectivity index (χ1n) is 6.32. The number of nitrogens with zero attached hydrogens (tertiary/aromatic N) is 5. The van der Waals surface area contributed by atoms with Gasteiger partial charge >= 0.3 is 0 Å². The molecule has 1 heterocycles. The van der Waals surface area contributed by atoms with Crippen molar-refractivity contribution in [3.05, 3.63) is 41.7 Å². The Morgan fingerprint density at radius 1 is 1.22 bits per heavy atom. The molecule has 1 aromatic carbocycles. The van der Waals surface area contributed by atoms with Gasteiger partial charge in [0.1, 0.15) is 0 Å². The van der Waals surface area contributed by atoms with Crippen molar-refractivity contribution in [2.45, 2.75) is 32.0 Å². The molecule has 18 heavy (non-hydrogen) atoms. The van der Waals surface area contributed by atoms with Crippen LogP contribution in [0.25, 0.3) is 0 Å². The van der Waals surface area contributed by atoms with Crippen LogP contribution in [-0.2, 0) is 13.1 Å². The van der Waals surface area contributed by atoms with E-state index in [1.54, 1.807) is 0 Å². The van der Waals surface area contributed by atoms with E-state index in [1.807, 2.05) is 10.7 Å². The Morgan fingerprint density at radius 2 is 2.00 bits per heavy atom. The van der Waals surface area contributed by atoms with E-state index in [-0.39, 0.29) is 0 Å². The highest BCUT2D eigenvalue weighted by molar-refractivity contribution is 5.14. The minimum Gasteiger partial charge on any atom is -0.295 e. The molecule has 0 radical (unpaired) electrons. The molecule has 0 aliphatic heterocycles. The molecule has 0 atom stereocenters. The average Bonchev–Trinajstić information content (AvgIpc) is 3.12. The molecule has 0 N–H and O–H groups in total. The van der Waals surface area contributed by atoms with Gasteiger partial charge in [-0.05, 0) is 35.9 Å². The molecule has 5 nitrogen and oxygen atoms in total. The fraction of sp³-hybridized carbons (Fsp3) is 0.462. The van der Waals surface area contributed by atoms with Gasteiger partial charge in [-0.2, -0.15) is 0 Å². The highest BCUT2D eigenvalue weighted by Crippen LogP contribution is 2.34. The second kappa shape index (κ2) is 4.86. The molecular formula is C13H17N5. The van der Waals surface area contributed by atoms with Gasteiger partial charge in [0.05, 0.1) is 12.6 Å². The van der Waals surface area contributed by atoms with Gasteiger partial charge in [-0.3, -0.25) is 4.90 Å². The summed E-state index contributed by atoms with van der Waals surface area (Å²) >= 11 is 0. The molecule has 1 fully saturated rings. The Balaban J connectivity index is 1.63. The minimum atomic E-state index is 0.542. The van der Waals surface area contributed by atoms with Gasteiger partial charge < -0.3 is 0 Å². The zero-order valence-electron chi connectivity index (χ0n) is 10.5. The molecule has 94 valence electrons. The predicted molar refractivity (Wildman–Crippen MR) is 67.7 cm³/mol. The number of aromatic nitrogens is 4. The summed E-state index contributed by atoms with van der Waals surface area (Å²) in [6.07, 6.45) is 2.42. The summed E-state index contributed by atoms with van der Waals surface area (Å²) in [5.41, 5.74) is 1.31. The Morgan fingerprint density at radius 3 is 2.72 bits per heavy atom. The third-order valence-electron chi connectivity index (χ3n) is 3.16. The SMILES string of the molecule is CN(Cc1ccccc1)Cc1nnnn1C1CC1. The van der Waals surface area contributed by atoms with Gasteiger partial charge in [0, 0.05) is 6.54 Å². The molecule has 0 bridgehead atoms. The molecular weight excluding hydrogens is 226 g/mol. The molecule has 1 saturated carbocycles. The topological polar surface area (TPSA) is 46.8 Å². The highest BCUT2D eigenvalue weighted by Gasteiger charge is 2.27. The summed E-state index contributed by atoms with van der Waals surface area (Å²) in [7, 11) is 2.10. The van der Waals surface area contributed by atoms with E-state index in [0.29, 0.717) is 6.04 Å². The van der Waals surface area contributed by atoms with E-state index < -0.39 is 0 Å². The van der Waals surface area contributed by atoms with E-state index in [1.165, 1.54) is 18.4 Å². The van der Waals surface area contributed by atoms with Crippen molar-refractivity contribution >= 4 is 0 Å². The summed E-state index contributed by atoms with van der Waals surface area (Å²) in [6.45, 7) is 1.71. The van der Waals surface area contributed by atoms with Crippen LogP contribution in [0.3, 0.4) is 0 Å². The van der Waals surface area contributed by atoms with Crippen LogP contribution in [0.2, 0.25) is 0 Å². The second-order valence-corrected chi connectivity index (χ2v) is 4.93. The van der Waals surface area contributed by atoms with Crippen molar-refractivity contribution in [3.8, 4) is 0 Å². The maximum absolute atomic E-state index is 4.12. The van der Waals surface area contributed by atoms with Gasteiger partial charge in [0.2, 0.25) is 0 Å². The lowest BCUT2D eigenvalue weighted by molar-refractivity contribution is 0.302. The van der Waals surface area contributed by atoms with E-state index in [0.717, 1.165) is 18.9 Å². The maximum atomic E-state index is 4.12. The van der Waals surface area contributed by atoms with Gasteiger partial charge in [-0.1, -0.05) is 30.3 Å². The third kappa shape index (κ3) is 2.56. The summed E-state index contributed by atoms with van der Waals surface area (Å²) in [4.78, 5) is 2.24. The quantitative estimate of drug-likeness (QED) is 0.801. The molecule has 2 aromatic rings. The first kappa shape index (κ1) is 11.3. The Kier molecular flexibility index (Phi) is 3.06. The van der Waals surface area contributed by atoms with Gasteiger partial charge in [-0.15, -0.1) is 5.10 Å². The standard InChI is InChI=1S/C13H17N5/c1-17(9-11-5-3-2-4-6-11)10-13-14-15-16-18(13)12-7-8-12/h2-6,12H,7-10H2,1H3. The van der Waals surface area contributed by atoms with Crippen molar-refractivity contribution in [1.82, 2.24) is 25.1 Å². The summed E-state index contributed by atoms with van der Waals surface area (Å²) < 4.78 is 1.97. The van der Waals surface area contributed by atoms with E-state index in [4.69, 9.17) is 0 Å². The summed E-state index contributed by atoms with van der Waals surface area (Å²) in [5.74, 6) is 0.968. The molecule has 0 saturated heterocycles. The van der Waals surface area contributed by atoms with Crippen molar-refractivity contribution in [3.63, 3.8) is 0 Å². The molecule has 0 spiro atoms. The summed E-state index contributed by atoms with van der Waals surface area (Å²) in [5, 5.41) is 12.0. The normalized spacial score (nSPS) is 15.2. The monoisotopic (exact) mass is 243 g/mol. The molecule has 3 rings (SSSR count). The Bertz CT molecular complexity index is 503. The third-order valence-corrected chi connectivity index (χ3v) is 3.16. The maximum Gasteiger partial charge on any atom is 0.165 e. The fourth-order valence-electron chi connectivity index (χ4n) is 2.11. The van der Waals surface area contributed by atoms with Crippen LogP contribution >= 0.6 is 0 Å². The lowest BCUT2D eigenvalue weighted by Gasteiger charge is -2.15. The van der Waals surface area contributed by atoms with Crippen LogP contribution in [0.5, 0.6) is 0 Å². The van der Waals surface area contributed by atoms with Crippen molar-refractivity contribution in [2.75, 3.05) is 7.05 Å². The minimum absolute atomic E-state index is 0.542. The van der Waals surface area contributed by atoms with Crippen LogP contribution in [0.4, 0.5) is 0 Å². The number of hydrogen-bond donors (Lipinski definition) is 0. The first-order chi connectivity index (χ1) is 8.83. The van der Waals surface area contributed by atoms with E-state index in [9.17, 15) is 0 Å². The molecule has 0 unspecified atom stereocenters. The molecule has 0 amide bonds. The van der Waals surface area contributed by atoms with Crippen LogP contribution in [0.1, 0.15) is 30.3 Å². The number of hydrogen-bond acceptors (Lipinski definition) is 4. The first-order valence-corrected chi connectivity index (χ1v) is 6.32. The second-order valence-electron chi connectivity index (χ2n) is 4.93. The van der Waals surface area contributed by atoms with Gasteiger partial charge in [-0.25, -0.2) is 4.68 Å². The average molecular weight is 243 g/mol. The van der Waals surface area contributed by atoms with Crippen molar-refractivity contribution in [2.24, 2.45) is 0 Å². The Labute approximate surface area is 106 Å². The lowest BCUT2D eigenvalue weighted by atomic mass is 10.2. The predicted octanol–water partition coefficient (Wildman–Crippen LogP) is 1.64. The van der Waals surface area contributed by atoms with E-state index in [2.05, 4.69) is 51.7 Å². The molecule has 1 aromatic heterocycles. The molecule has 5 heteroatoms. The van der Waals surface area contributed by atoms with Crippen LogP contribution < -0.4 is 0 Å². The number of rotatable bonds is 5. The summed E-state index contributed by atoms with van der Waals surface area (Å²) in [6, 6.07) is 11.0. The Hall–Kier alpha value is -1.75. The zero-order chi connectivity index (χ0) is 12.4. The van der Waals surface area contributed by atoms with Crippen molar-refractivity contribution in [1.29, 1.82) is 0 Å². The van der Waals surface area contributed by atoms with Crippen LogP contribution in [0, 0.1) is 0 Å². The molecule has 1 aliphatic rings. The van der Waals surface area contributed by atoms with Crippen molar-refractivity contribution < 1.29 is 0 Å². The molecule has 1 aliphatic carbocycles. The smallest absolute Gasteiger partial charge is 0.165 e. The zero-order valence-corrected chi connectivity index (χ0v) is 10.5. The number of benzene rings is 1. The van der Waals surface area contributed by atoms with E-state index >= 15 is 0 Å². The van der Waals surface area contributed by atoms with Gasteiger partial charge in [0.15, 0.2) is 5.82 Å². The fourth-order valence-corrected chi connectivity index (χ4v) is 2.11. The number of tetrazole rings is 1. The van der Waals surface area contributed by atoms with Crippen LogP contribution in [-0.4, -0.2) is 32.2 Å². The van der Waals surface area contributed by atoms with Gasteiger partial charge in [0.25, 0.3) is 0 Å². The largest absolute Gasteiger partial charge is 0.295 e. The lowest BCUT2D eigenvalue weighted by Crippen LogP contribution is -2.20.